The van der Waals surface area contributed by atoms with Crippen LogP contribution >= 0.6 is 0 Å². The SMILES string of the molecule is O=C(O)[C@@H]1CC=CCO1. The normalized spacial score (nSPS) is 26.0. The summed E-state index contributed by atoms with van der Waals surface area (Å²) in [5, 5.41) is 8.38. The van der Waals surface area contributed by atoms with E-state index in [1.807, 2.05) is 12.2 Å². The fourth-order valence-electron chi connectivity index (χ4n) is 0.700. The molecule has 0 fully saturated rings. The van der Waals surface area contributed by atoms with E-state index >= 15 is 0 Å². The molecule has 1 rings (SSSR count). The number of rotatable bonds is 1. The molecule has 3 heteroatoms. The van der Waals surface area contributed by atoms with Gasteiger partial charge in [0.1, 0.15) is 0 Å². The van der Waals surface area contributed by atoms with Crippen LogP contribution in [0.1, 0.15) is 6.42 Å². The molecular formula is C6H8O3. The maximum Gasteiger partial charge on any atom is 0.333 e. The average molecular weight is 128 g/mol. The number of hydrogen-bond donors (Lipinski definition) is 1. The molecule has 1 heterocycles. The molecule has 0 bridgehead atoms. The molecule has 0 aromatic rings. The Kier molecular flexibility index (Phi) is 1.85. The summed E-state index contributed by atoms with van der Waals surface area (Å²) in [4.78, 5) is 10.2. The topological polar surface area (TPSA) is 46.5 Å². The second kappa shape index (κ2) is 2.64. The van der Waals surface area contributed by atoms with Crippen LogP contribution in [-0.4, -0.2) is 23.8 Å². The summed E-state index contributed by atoms with van der Waals surface area (Å²) in [5.41, 5.74) is 0. The fraction of sp³-hybridized carbons (Fsp3) is 0.500. The van der Waals surface area contributed by atoms with E-state index in [2.05, 4.69) is 0 Å². The Morgan fingerprint density at radius 1 is 1.67 bits per heavy atom. The van der Waals surface area contributed by atoms with E-state index in [1.165, 1.54) is 0 Å². The van der Waals surface area contributed by atoms with Gasteiger partial charge in [-0.1, -0.05) is 12.2 Å². The van der Waals surface area contributed by atoms with Crippen molar-refractivity contribution in [3.05, 3.63) is 12.2 Å². The highest BCUT2D eigenvalue weighted by Gasteiger charge is 2.17. The first-order valence-electron chi connectivity index (χ1n) is 2.80. The Morgan fingerprint density at radius 2 is 2.44 bits per heavy atom. The molecule has 3 nitrogen and oxygen atoms in total. The zero-order chi connectivity index (χ0) is 6.69. The van der Waals surface area contributed by atoms with Crippen molar-refractivity contribution in [3.8, 4) is 0 Å². The molecule has 1 aliphatic rings. The first-order valence-corrected chi connectivity index (χ1v) is 2.80. The van der Waals surface area contributed by atoms with E-state index < -0.39 is 12.1 Å². The molecule has 1 N–H and O–H groups in total. The van der Waals surface area contributed by atoms with Crippen LogP contribution in [0.25, 0.3) is 0 Å². The largest absolute Gasteiger partial charge is 0.479 e. The van der Waals surface area contributed by atoms with Crippen LogP contribution in [0.15, 0.2) is 12.2 Å². The van der Waals surface area contributed by atoms with Crippen LogP contribution in [0.4, 0.5) is 0 Å². The lowest BCUT2D eigenvalue weighted by atomic mass is 10.2. The Morgan fingerprint density at radius 3 is 2.78 bits per heavy atom. The van der Waals surface area contributed by atoms with Crippen LogP contribution in [0, 0.1) is 0 Å². The van der Waals surface area contributed by atoms with Gasteiger partial charge in [0, 0.05) is 6.42 Å². The molecule has 50 valence electrons. The molecule has 0 saturated carbocycles. The molecule has 1 atom stereocenters. The number of carboxylic acid groups (broad SMARTS) is 1. The minimum absolute atomic E-state index is 0.428. The maximum atomic E-state index is 10.2. The summed E-state index contributed by atoms with van der Waals surface area (Å²) >= 11 is 0. The number of carboxylic acids is 1. The molecule has 0 spiro atoms. The Balaban J connectivity index is 2.44. The van der Waals surface area contributed by atoms with Crippen molar-refractivity contribution in [2.24, 2.45) is 0 Å². The zero-order valence-corrected chi connectivity index (χ0v) is 4.91. The third kappa shape index (κ3) is 1.54. The lowest BCUT2D eigenvalue weighted by Gasteiger charge is -2.12. The smallest absolute Gasteiger partial charge is 0.333 e. The van der Waals surface area contributed by atoms with E-state index in [-0.39, 0.29) is 0 Å². The monoisotopic (exact) mass is 128 g/mol. The van der Waals surface area contributed by atoms with Gasteiger partial charge < -0.3 is 9.84 Å². The van der Waals surface area contributed by atoms with Crippen LogP contribution < -0.4 is 0 Å². The van der Waals surface area contributed by atoms with Crippen molar-refractivity contribution < 1.29 is 14.6 Å². The van der Waals surface area contributed by atoms with Crippen LogP contribution in [0.2, 0.25) is 0 Å². The van der Waals surface area contributed by atoms with E-state index in [0.717, 1.165) is 0 Å². The van der Waals surface area contributed by atoms with Gasteiger partial charge in [-0.05, 0) is 0 Å². The summed E-state index contributed by atoms with van der Waals surface area (Å²) < 4.78 is 4.85. The van der Waals surface area contributed by atoms with Gasteiger partial charge in [0.05, 0.1) is 6.61 Å². The van der Waals surface area contributed by atoms with Crippen LogP contribution in [-0.2, 0) is 9.53 Å². The molecule has 0 aliphatic carbocycles. The van der Waals surface area contributed by atoms with Crippen molar-refractivity contribution in [2.45, 2.75) is 12.5 Å². The highest BCUT2D eigenvalue weighted by atomic mass is 16.5. The first-order chi connectivity index (χ1) is 4.30. The van der Waals surface area contributed by atoms with Gasteiger partial charge in [-0.15, -0.1) is 0 Å². The summed E-state index contributed by atoms with van der Waals surface area (Å²) in [7, 11) is 0. The number of carbonyl (C=O) groups is 1. The molecule has 0 amide bonds. The van der Waals surface area contributed by atoms with Gasteiger partial charge in [0.15, 0.2) is 6.10 Å². The van der Waals surface area contributed by atoms with E-state index in [9.17, 15) is 4.79 Å². The van der Waals surface area contributed by atoms with E-state index in [1.54, 1.807) is 0 Å². The third-order valence-electron chi connectivity index (χ3n) is 1.19. The van der Waals surface area contributed by atoms with Crippen molar-refractivity contribution in [2.75, 3.05) is 6.61 Å². The summed E-state index contributed by atoms with van der Waals surface area (Å²) in [6, 6.07) is 0. The molecule has 0 saturated heterocycles. The number of hydrogen-bond acceptors (Lipinski definition) is 2. The summed E-state index contributed by atoms with van der Waals surface area (Å²) in [5.74, 6) is -0.876. The second-order valence-corrected chi connectivity index (χ2v) is 1.87. The van der Waals surface area contributed by atoms with Gasteiger partial charge in [-0.3, -0.25) is 0 Å². The summed E-state index contributed by atoms with van der Waals surface area (Å²) in [6.45, 7) is 0.428. The third-order valence-corrected chi connectivity index (χ3v) is 1.19. The standard InChI is InChI=1S/C6H8O3/c7-6(8)5-3-1-2-4-9-5/h1-2,5H,3-4H2,(H,7,8)/t5-/m0/s1. The van der Waals surface area contributed by atoms with Crippen LogP contribution in [0.3, 0.4) is 0 Å². The van der Waals surface area contributed by atoms with Gasteiger partial charge in [0.25, 0.3) is 0 Å². The predicted octanol–water partition coefficient (Wildman–Crippen LogP) is 0.416. The highest BCUT2D eigenvalue weighted by Crippen LogP contribution is 2.04. The van der Waals surface area contributed by atoms with Crippen molar-refractivity contribution >= 4 is 5.97 Å². The molecule has 9 heavy (non-hydrogen) atoms. The minimum atomic E-state index is -0.876. The molecule has 0 unspecified atom stereocenters. The fourth-order valence-corrected chi connectivity index (χ4v) is 0.700. The van der Waals surface area contributed by atoms with Crippen molar-refractivity contribution in [1.29, 1.82) is 0 Å². The first kappa shape index (κ1) is 6.29. The molecule has 1 aliphatic heterocycles. The lowest BCUT2D eigenvalue weighted by Crippen LogP contribution is -2.25. The lowest BCUT2D eigenvalue weighted by molar-refractivity contribution is -0.149. The molecular weight excluding hydrogens is 120 g/mol. The van der Waals surface area contributed by atoms with Gasteiger partial charge in [-0.2, -0.15) is 0 Å². The Hall–Kier alpha value is -0.830. The van der Waals surface area contributed by atoms with Crippen molar-refractivity contribution in [1.82, 2.24) is 0 Å². The van der Waals surface area contributed by atoms with E-state index in [0.29, 0.717) is 13.0 Å². The number of aliphatic carboxylic acids is 1. The van der Waals surface area contributed by atoms with Gasteiger partial charge in [0.2, 0.25) is 0 Å². The zero-order valence-electron chi connectivity index (χ0n) is 4.91. The maximum absolute atomic E-state index is 10.2. The average Bonchev–Trinajstić information content (AvgIpc) is 1.90. The van der Waals surface area contributed by atoms with Crippen molar-refractivity contribution in [3.63, 3.8) is 0 Å². The highest BCUT2D eigenvalue weighted by molar-refractivity contribution is 5.72. The van der Waals surface area contributed by atoms with Gasteiger partial charge >= 0.3 is 5.97 Å². The van der Waals surface area contributed by atoms with Crippen LogP contribution in [0.5, 0.6) is 0 Å². The van der Waals surface area contributed by atoms with Gasteiger partial charge in [-0.25, -0.2) is 4.79 Å². The second-order valence-electron chi connectivity index (χ2n) is 1.87. The molecule has 0 aromatic carbocycles. The Bertz CT molecular complexity index is 139. The quantitative estimate of drug-likeness (QED) is 0.520. The Labute approximate surface area is 52.9 Å². The summed E-state index contributed by atoms with van der Waals surface area (Å²) in [6.07, 6.45) is 3.52. The number of ether oxygens (including phenoxy) is 1. The molecule has 0 aromatic heterocycles. The molecule has 0 radical (unpaired) electrons. The minimum Gasteiger partial charge on any atom is -0.479 e. The predicted molar refractivity (Wildman–Crippen MR) is 31.1 cm³/mol. The van der Waals surface area contributed by atoms with E-state index in [4.69, 9.17) is 9.84 Å².